The molecule has 2 aliphatic rings. The zero-order valence-electron chi connectivity index (χ0n) is 20.7. The van der Waals surface area contributed by atoms with Crippen LogP contribution in [0.4, 0.5) is 4.79 Å². The molecule has 35 heavy (non-hydrogen) atoms. The van der Waals surface area contributed by atoms with Crippen LogP contribution in [-0.4, -0.2) is 86.0 Å². The van der Waals surface area contributed by atoms with E-state index in [9.17, 15) is 14.4 Å². The number of alkyl carbamates (subject to hydrolysis) is 1. The molecule has 198 valence electrons. The van der Waals surface area contributed by atoms with Gasteiger partial charge in [-0.25, -0.2) is 4.79 Å². The van der Waals surface area contributed by atoms with E-state index in [2.05, 4.69) is 10.3 Å². The number of fused-ring (bicyclic) bond motifs is 1. The molecule has 3 N–H and O–H groups in total. The summed E-state index contributed by atoms with van der Waals surface area (Å²) in [6.45, 7) is 8.11. The Kier molecular flexibility index (Phi) is 11.9. The van der Waals surface area contributed by atoms with Crippen LogP contribution in [0.15, 0.2) is 17.3 Å². The SMILES string of the molecule is CCOC(=O)NCC(C)(C)C(=O)SCCOP1OCC2OC(N(C=O)/C=C\C(N)=N/C)C(C)C2O1. The molecule has 0 spiro atoms. The standard InChI is InChI=1S/C21H35N4O8PS/c1-6-29-20(28)24-12-21(3,4)19(27)35-10-9-30-34-31-11-15-17(33-34)14(2)18(32-15)25(13-26)8-7-16(22)23-5/h7-8,13-15,17-18H,6,9-12H2,1-5H3,(H2,22,23)(H,24,28)/b8-7-. The first kappa shape index (κ1) is 29.5. The minimum absolute atomic E-state index is 0.0763. The van der Waals surface area contributed by atoms with E-state index in [0.29, 0.717) is 12.2 Å². The minimum atomic E-state index is -1.61. The lowest BCUT2D eigenvalue weighted by molar-refractivity contribution is -0.130. The summed E-state index contributed by atoms with van der Waals surface area (Å²) in [5.74, 6) is 0.544. The molecule has 2 rings (SSSR count). The van der Waals surface area contributed by atoms with E-state index in [-0.39, 0.29) is 55.4 Å². The second-order valence-corrected chi connectivity index (χ2v) is 10.7. The molecule has 0 bridgehead atoms. The Morgan fingerprint density at radius 3 is 2.80 bits per heavy atom. The third-order valence-corrected chi connectivity index (χ3v) is 7.66. The number of carbonyl (C=O) groups is 3. The zero-order chi connectivity index (χ0) is 26.0. The molecule has 2 heterocycles. The van der Waals surface area contributed by atoms with Crippen molar-refractivity contribution in [1.82, 2.24) is 10.2 Å². The lowest BCUT2D eigenvalue weighted by atomic mass is 9.96. The van der Waals surface area contributed by atoms with Crippen molar-refractivity contribution in [2.75, 3.05) is 39.2 Å². The molecule has 2 fully saturated rings. The average molecular weight is 535 g/mol. The number of aliphatic imine (C=N–C) groups is 1. The molecule has 2 aliphatic heterocycles. The van der Waals surface area contributed by atoms with Gasteiger partial charge in [-0.15, -0.1) is 0 Å². The van der Waals surface area contributed by atoms with Gasteiger partial charge in [0.1, 0.15) is 24.3 Å². The summed E-state index contributed by atoms with van der Waals surface area (Å²) in [7, 11) is -0.0584. The van der Waals surface area contributed by atoms with Crippen LogP contribution in [0.2, 0.25) is 0 Å². The van der Waals surface area contributed by atoms with E-state index in [4.69, 9.17) is 28.8 Å². The lowest BCUT2D eigenvalue weighted by Gasteiger charge is -2.31. The molecule has 0 radical (unpaired) electrons. The number of hydrogen-bond donors (Lipinski definition) is 2. The number of amidine groups is 1. The van der Waals surface area contributed by atoms with Crippen molar-refractivity contribution < 1.29 is 37.4 Å². The van der Waals surface area contributed by atoms with Gasteiger partial charge in [-0.2, -0.15) is 0 Å². The molecule has 5 unspecified atom stereocenters. The highest BCUT2D eigenvalue weighted by atomic mass is 32.2. The number of hydrogen-bond acceptors (Lipinski definition) is 10. The van der Waals surface area contributed by atoms with Crippen molar-refractivity contribution in [2.24, 2.45) is 22.1 Å². The normalized spacial score (nSPS) is 26.9. The summed E-state index contributed by atoms with van der Waals surface area (Å²) < 4.78 is 28.1. The molecular formula is C21H35N4O8PS. The number of thioether (sulfide) groups is 1. The second-order valence-electron chi connectivity index (χ2n) is 8.46. The molecule has 14 heteroatoms. The number of nitrogens with zero attached hydrogens (tertiary/aromatic N) is 2. The van der Waals surface area contributed by atoms with Gasteiger partial charge in [0.2, 0.25) is 6.41 Å². The van der Waals surface area contributed by atoms with Crippen molar-refractivity contribution in [1.29, 1.82) is 0 Å². The fraction of sp³-hybridized carbons (Fsp3) is 0.714. The Balaban J connectivity index is 1.77. The maximum absolute atomic E-state index is 12.5. The number of ether oxygens (including phenoxy) is 2. The molecule has 0 aromatic heterocycles. The Hall–Kier alpha value is -1.76. The molecule has 5 atom stereocenters. The van der Waals surface area contributed by atoms with Crippen LogP contribution in [-0.2, 0) is 32.6 Å². The third-order valence-electron chi connectivity index (χ3n) is 5.31. The highest BCUT2D eigenvalue weighted by Gasteiger charge is 2.49. The summed E-state index contributed by atoms with van der Waals surface area (Å²) >= 11 is 1.12. The molecule has 0 aliphatic carbocycles. The van der Waals surface area contributed by atoms with Crippen LogP contribution in [0.3, 0.4) is 0 Å². The summed E-state index contributed by atoms with van der Waals surface area (Å²) in [5.41, 5.74) is 4.90. The number of carbonyl (C=O) groups excluding carboxylic acids is 3. The Bertz CT molecular complexity index is 799. The van der Waals surface area contributed by atoms with Gasteiger partial charge in [-0.1, -0.05) is 32.5 Å². The van der Waals surface area contributed by atoms with Crippen LogP contribution in [0.1, 0.15) is 27.7 Å². The van der Waals surface area contributed by atoms with E-state index in [1.165, 1.54) is 17.2 Å². The zero-order valence-corrected chi connectivity index (χ0v) is 22.4. The summed E-state index contributed by atoms with van der Waals surface area (Å²) in [6, 6.07) is 0. The summed E-state index contributed by atoms with van der Waals surface area (Å²) in [4.78, 5) is 40.8. The first-order valence-corrected chi connectivity index (χ1v) is 13.3. The summed E-state index contributed by atoms with van der Waals surface area (Å²) in [6.07, 6.45) is 1.97. The van der Waals surface area contributed by atoms with Gasteiger partial charge >= 0.3 is 14.7 Å². The molecule has 0 saturated carbocycles. The first-order chi connectivity index (χ1) is 16.6. The van der Waals surface area contributed by atoms with Crippen LogP contribution in [0.25, 0.3) is 0 Å². The van der Waals surface area contributed by atoms with E-state index < -0.39 is 26.3 Å². The number of amides is 2. The molecule has 0 aromatic carbocycles. The van der Waals surface area contributed by atoms with Gasteiger partial charge in [0, 0.05) is 31.5 Å². The number of nitrogens with two attached hydrogens (primary N) is 1. The highest BCUT2D eigenvalue weighted by molar-refractivity contribution is 8.13. The van der Waals surface area contributed by atoms with Gasteiger partial charge in [-0.3, -0.25) is 19.5 Å². The minimum Gasteiger partial charge on any atom is -0.450 e. The fourth-order valence-corrected chi connectivity index (χ4v) is 5.43. The Labute approximate surface area is 211 Å². The van der Waals surface area contributed by atoms with E-state index in [0.717, 1.165) is 11.8 Å². The van der Waals surface area contributed by atoms with Gasteiger partial charge in [0.25, 0.3) is 0 Å². The van der Waals surface area contributed by atoms with Crippen molar-refractivity contribution in [3.8, 4) is 0 Å². The average Bonchev–Trinajstić information content (AvgIpc) is 3.16. The van der Waals surface area contributed by atoms with E-state index in [1.807, 2.05) is 6.92 Å². The smallest absolute Gasteiger partial charge is 0.407 e. The number of rotatable bonds is 12. The second kappa shape index (κ2) is 14.1. The van der Waals surface area contributed by atoms with Gasteiger partial charge in [-0.05, 0) is 13.0 Å². The predicted octanol–water partition coefficient (Wildman–Crippen LogP) is 2.00. The summed E-state index contributed by atoms with van der Waals surface area (Å²) in [5, 5.41) is 2.51. The van der Waals surface area contributed by atoms with Crippen molar-refractivity contribution in [3.05, 3.63) is 12.3 Å². The maximum atomic E-state index is 12.5. The molecule has 2 amide bonds. The maximum Gasteiger partial charge on any atom is 0.407 e. The van der Waals surface area contributed by atoms with Crippen LogP contribution < -0.4 is 11.1 Å². The lowest BCUT2D eigenvalue weighted by Crippen LogP contribution is -2.38. The van der Waals surface area contributed by atoms with Crippen LogP contribution in [0.5, 0.6) is 0 Å². The Morgan fingerprint density at radius 1 is 1.40 bits per heavy atom. The van der Waals surface area contributed by atoms with Crippen molar-refractivity contribution in [3.63, 3.8) is 0 Å². The molecule has 0 aromatic rings. The van der Waals surface area contributed by atoms with E-state index >= 15 is 0 Å². The van der Waals surface area contributed by atoms with Gasteiger partial charge in [0.05, 0.1) is 25.2 Å². The topological polar surface area (TPSA) is 151 Å². The molecule has 2 saturated heterocycles. The predicted molar refractivity (Wildman–Crippen MR) is 132 cm³/mol. The number of nitrogens with one attached hydrogen (secondary N) is 1. The third kappa shape index (κ3) is 8.69. The van der Waals surface area contributed by atoms with Gasteiger partial charge in [0.15, 0.2) is 5.12 Å². The fourth-order valence-electron chi connectivity index (χ4n) is 3.26. The van der Waals surface area contributed by atoms with Crippen LogP contribution >= 0.6 is 20.4 Å². The largest absolute Gasteiger partial charge is 0.450 e. The first-order valence-electron chi connectivity index (χ1n) is 11.2. The van der Waals surface area contributed by atoms with Gasteiger partial charge < -0.3 is 34.1 Å². The molecule has 12 nitrogen and oxygen atoms in total. The van der Waals surface area contributed by atoms with Crippen LogP contribution in [0, 0.1) is 11.3 Å². The quantitative estimate of drug-likeness (QED) is 0.125. The Morgan fingerprint density at radius 2 is 2.14 bits per heavy atom. The van der Waals surface area contributed by atoms with Crippen molar-refractivity contribution >= 4 is 43.8 Å². The van der Waals surface area contributed by atoms with E-state index in [1.54, 1.807) is 27.8 Å². The van der Waals surface area contributed by atoms with Crippen molar-refractivity contribution in [2.45, 2.75) is 46.1 Å². The highest BCUT2D eigenvalue weighted by Crippen LogP contribution is 2.50. The molecular weight excluding hydrogens is 499 g/mol. The monoisotopic (exact) mass is 534 g/mol.